The summed E-state index contributed by atoms with van der Waals surface area (Å²) in [5.41, 5.74) is 2.78. The summed E-state index contributed by atoms with van der Waals surface area (Å²) in [4.78, 5) is 0.239. The second-order valence-corrected chi connectivity index (χ2v) is 7.33. The number of benzene rings is 1. The summed E-state index contributed by atoms with van der Waals surface area (Å²) < 4.78 is 29.7. The Bertz CT molecular complexity index is 840. The fourth-order valence-corrected chi connectivity index (χ4v) is 4.83. The van der Waals surface area contributed by atoms with Gasteiger partial charge in [0.2, 0.25) is 10.0 Å². The summed E-state index contributed by atoms with van der Waals surface area (Å²) in [6, 6.07) is 4.91. The number of fused-ring (bicyclic) bond motifs is 1. The van der Waals surface area contributed by atoms with Gasteiger partial charge in [-0.25, -0.2) is 13.1 Å². The molecule has 6 nitrogen and oxygen atoms in total. The molecule has 1 aliphatic carbocycles. The SMILES string of the molecule is Cc1nn(C)c(C)c1S(=O)(=O)NC1CCc2c(O)cccc21. The normalized spacial score (nSPS) is 17.7. The molecule has 1 aromatic carbocycles. The molecule has 7 heteroatoms. The summed E-state index contributed by atoms with van der Waals surface area (Å²) >= 11 is 0. The van der Waals surface area contributed by atoms with E-state index in [-0.39, 0.29) is 16.7 Å². The van der Waals surface area contributed by atoms with Crippen LogP contribution in [0, 0.1) is 13.8 Å². The highest BCUT2D eigenvalue weighted by Gasteiger charge is 2.31. The molecule has 118 valence electrons. The third-order valence-electron chi connectivity index (χ3n) is 4.25. The van der Waals surface area contributed by atoms with Crippen LogP contribution in [0.5, 0.6) is 5.75 Å². The van der Waals surface area contributed by atoms with Crippen LogP contribution in [-0.4, -0.2) is 23.3 Å². The van der Waals surface area contributed by atoms with E-state index in [0.717, 1.165) is 11.1 Å². The Morgan fingerprint density at radius 3 is 2.73 bits per heavy atom. The Hall–Kier alpha value is -1.86. The van der Waals surface area contributed by atoms with E-state index in [9.17, 15) is 13.5 Å². The van der Waals surface area contributed by atoms with Crippen molar-refractivity contribution in [3.8, 4) is 5.75 Å². The lowest BCUT2D eigenvalue weighted by atomic mass is 10.1. The third kappa shape index (κ3) is 2.30. The van der Waals surface area contributed by atoms with Crippen molar-refractivity contribution in [2.75, 3.05) is 0 Å². The number of aryl methyl sites for hydroxylation is 2. The van der Waals surface area contributed by atoms with Gasteiger partial charge in [-0.1, -0.05) is 12.1 Å². The maximum absolute atomic E-state index is 12.7. The van der Waals surface area contributed by atoms with Crippen molar-refractivity contribution in [3.63, 3.8) is 0 Å². The van der Waals surface area contributed by atoms with Gasteiger partial charge in [-0.15, -0.1) is 0 Å². The minimum atomic E-state index is -3.65. The van der Waals surface area contributed by atoms with Gasteiger partial charge in [-0.3, -0.25) is 4.68 Å². The van der Waals surface area contributed by atoms with Crippen molar-refractivity contribution in [1.82, 2.24) is 14.5 Å². The zero-order valence-electron chi connectivity index (χ0n) is 12.8. The maximum atomic E-state index is 12.7. The number of phenolic OH excluding ortho intramolecular Hbond substituents is 1. The fourth-order valence-electron chi connectivity index (χ4n) is 3.15. The molecule has 1 heterocycles. The van der Waals surface area contributed by atoms with Crippen LogP contribution in [0.25, 0.3) is 0 Å². The zero-order chi connectivity index (χ0) is 16.1. The molecule has 0 saturated heterocycles. The average Bonchev–Trinajstić information content (AvgIpc) is 2.93. The van der Waals surface area contributed by atoms with Crippen molar-refractivity contribution in [3.05, 3.63) is 40.7 Å². The van der Waals surface area contributed by atoms with Crippen LogP contribution in [0.1, 0.15) is 35.0 Å². The number of rotatable bonds is 3. The molecular weight excluding hydrogens is 302 g/mol. The summed E-state index contributed by atoms with van der Waals surface area (Å²) in [7, 11) is -1.93. The van der Waals surface area contributed by atoms with Gasteiger partial charge >= 0.3 is 0 Å². The summed E-state index contributed by atoms with van der Waals surface area (Å²) in [6.07, 6.45) is 1.31. The molecule has 0 radical (unpaired) electrons. The van der Waals surface area contributed by atoms with Crippen LogP contribution >= 0.6 is 0 Å². The fraction of sp³-hybridized carbons (Fsp3) is 0.400. The highest BCUT2D eigenvalue weighted by molar-refractivity contribution is 7.89. The molecule has 22 heavy (non-hydrogen) atoms. The summed E-state index contributed by atoms with van der Waals surface area (Å²) in [6.45, 7) is 3.43. The largest absolute Gasteiger partial charge is 0.508 e. The van der Waals surface area contributed by atoms with Crippen molar-refractivity contribution in [2.24, 2.45) is 7.05 Å². The zero-order valence-corrected chi connectivity index (χ0v) is 13.6. The van der Waals surface area contributed by atoms with Crippen molar-refractivity contribution in [2.45, 2.75) is 37.6 Å². The van der Waals surface area contributed by atoms with Gasteiger partial charge in [0.25, 0.3) is 0 Å². The number of nitrogens with zero attached hydrogens (tertiary/aromatic N) is 2. The Kier molecular flexibility index (Phi) is 3.49. The lowest BCUT2D eigenvalue weighted by Gasteiger charge is -2.15. The molecule has 2 N–H and O–H groups in total. The van der Waals surface area contributed by atoms with Crippen LogP contribution in [0.3, 0.4) is 0 Å². The average molecular weight is 321 g/mol. The minimum absolute atomic E-state index is 0.230. The van der Waals surface area contributed by atoms with Crippen LogP contribution in [-0.2, 0) is 23.5 Å². The van der Waals surface area contributed by atoms with Crippen LogP contribution in [0.2, 0.25) is 0 Å². The Balaban J connectivity index is 1.96. The Morgan fingerprint density at radius 1 is 1.36 bits per heavy atom. The van der Waals surface area contributed by atoms with E-state index in [1.54, 1.807) is 37.7 Å². The van der Waals surface area contributed by atoms with E-state index in [1.165, 1.54) is 0 Å². The molecule has 1 atom stereocenters. The molecule has 0 spiro atoms. The van der Waals surface area contributed by atoms with Crippen LogP contribution in [0.15, 0.2) is 23.1 Å². The van der Waals surface area contributed by atoms with Gasteiger partial charge in [0.1, 0.15) is 10.6 Å². The molecule has 1 unspecified atom stereocenters. The van der Waals surface area contributed by atoms with Gasteiger partial charge in [-0.2, -0.15) is 5.10 Å². The molecule has 0 saturated carbocycles. The van der Waals surface area contributed by atoms with Crippen molar-refractivity contribution < 1.29 is 13.5 Å². The number of sulfonamides is 1. The quantitative estimate of drug-likeness (QED) is 0.901. The molecule has 1 aromatic heterocycles. The maximum Gasteiger partial charge on any atom is 0.244 e. The smallest absolute Gasteiger partial charge is 0.244 e. The molecule has 0 bridgehead atoms. The molecule has 1 aliphatic rings. The molecule has 0 amide bonds. The number of aromatic nitrogens is 2. The van der Waals surface area contributed by atoms with Crippen LogP contribution in [0.4, 0.5) is 0 Å². The van der Waals surface area contributed by atoms with E-state index >= 15 is 0 Å². The first-order valence-corrected chi connectivity index (χ1v) is 8.63. The Morgan fingerprint density at radius 2 is 2.09 bits per heavy atom. The van der Waals surface area contributed by atoms with E-state index in [4.69, 9.17) is 0 Å². The summed E-state index contributed by atoms with van der Waals surface area (Å²) in [5.74, 6) is 0.230. The third-order valence-corrected chi connectivity index (χ3v) is 5.98. The predicted molar refractivity (Wildman–Crippen MR) is 82.2 cm³/mol. The van der Waals surface area contributed by atoms with Crippen LogP contribution < -0.4 is 4.72 Å². The van der Waals surface area contributed by atoms with Crippen molar-refractivity contribution in [1.29, 1.82) is 0 Å². The lowest BCUT2D eigenvalue weighted by Crippen LogP contribution is -2.28. The summed E-state index contributed by atoms with van der Waals surface area (Å²) in [5, 5.41) is 14.0. The van der Waals surface area contributed by atoms with Gasteiger partial charge in [0.15, 0.2) is 0 Å². The van der Waals surface area contributed by atoms with Crippen molar-refractivity contribution >= 4 is 10.0 Å². The number of hydrogen-bond acceptors (Lipinski definition) is 4. The standard InChI is InChI=1S/C15H19N3O3S/c1-9-15(10(2)18(3)16-9)22(20,21)17-13-8-7-12-11(13)5-4-6-14(12)19/h4-6,13,17,19H,7-8H2,1-3H3. The molecule has 2 aromatic rings. The first-order valence-electron chi connectivity index (χ1n) is 7.14. The first kappa shape index (κ1) is 15.1. The predicted octanol–water partition coefficient (Wildman–Crippen LogP) is 1.71. The van der Waals surface area contributed by atoms with E-state index in [2.05, 4.69) is 9.82 Å². The number of hydrogen-bond donors (Lipinski definition) is 2. The first-order chi connectivity index (χ1) is 10.3. The Labute approximate surface area is 129 Å². The van der Waals surface area contributed by atoms with Gasteiger partial charge < -0.3 is 5.11 Å². The molecular formula is C15H19N3O3S. The van der Waals surface area contributed by atoms with Gasteiger partial charge in [0, 0.05) is 13.1 Å². The molecule has 0 fully saturated rings. The topological polar surface area (TPSA) is 84.2 Å². The number of phenols is 1. The highest BCUT2D eigenvalue weighted by Crippen LogP contribution is 2.37. The number of nitrogens with one attached hydrogen (secondary N) is 1. The van der Waals surface area contributed by atoms with Gasteiger partial charge in [-0.05, 0) is 43.9 Å². The second kappa shape index (κ2) is 5.10. The molecule has 3 rings (SSSR count). The number of aromatic hydroxyl groups is 1. The molecule has 0 aliphatic heterocycles. The monoisotopic (exact) mass is 321 g/mol. The lowest BCUT2D eigenvalue weighted by molar-refractivity contribution is 0.469. The highest BCUT2D eigenvalue weighted by atomic mass is 32.2. The van der Waals surface area contributed by atoms with E-state index in [1.807, 2.05) is 6.07 Å². The van der Waals surface area contributed by atoms with Gasteiger partial charge in [0.05, 0.1) is 11.4 Å². The second-order valence-electron chi connectivity index (χ2n) is 5.68. The van der Waals surface area contributed by atoms with E-state index < -0.39 is 10.0 Å². The minimum Gasteiger partial charge on any atom is -0.508 e. The van der Waals surface area contributed by atoms with E-state index in [0.29, 0.717) is 24.2 Å².